The number of nitrogens with one attached hydrogen (secondary N) is 1. The van der Waals surface area contributed by atoms with E-state index in [1.165, 1.54) is 24.8 Å². The fourth-order valence-electron chi connectivity index (χ4n) is 3.77. The summed E-state index contributed by atoms with van der Waals surface area (Å²) in [6, 6.07) is 5.20. The Bertz CT molecular complexity index is 879. The van der Waals surface area contributed by atoms with Crippen LogP contribution in [0.1, 0.15) is 43.9 Å². The molecule has 0 aliphatic carbocycles. The third kappa shape index (κ3) is 7.84. The van der Waals surface area contributed by atoms with Gasteiger partial charge in [0.25, 0.3) is 0 Å². The largest absolute Gasteiger partial charge is 0.491 e. The maximum Gasteiger partial charge on any atom is 0.146 e. The standard InChI is InChI=1S/C24H34FN5O2/c1-18(31)23(26)9-12-30(13-14-32-22-15-20(25)16-27-17-22)11-3-2-6-21-8-7-19-5-4-10-28-24(19)29-21/h7-8,15-17,23H,2-6,9-14,26H2,1H3,(H,28,29)/t23-/m0/s1. The average Bonchev–Trinajstić information content (AvgIpc) is 2.79. The summed E-state index contributed by atoms with van der Waals surface area (Å²) in [5, 5.41) is 3.39. The van der Waals surface area contributed by atoms with Crippen LogP contribution >= 0.6 is 0 Å². The number of unbranched alkanes of at least 4 members (excludes halogenated alkanes) is 1. The zero-order chi connectivity index (χ0) is 22.8. The van der Waals surface area contributed by atoms with Crippen LogP contribution in [0.4, 0.5) is 10.2 Å². The SMILES string of the molecule is CC(=O)[C@@H](N)CCN(CCCCc1ccc2c(n1)NCCC2)CCOc1cncc(F)c1. The first kappa shape index (κ1) is 24.1. The third-order valence-electron chi connectivity index (χ3n) is 5.74. The highest BCUT2D eigenvalue weighted by molar-refractivity contribution is 5.81. The number of pyridine rings is 2. The van der Waals surface area contributed by atoms with E-state index < -0.39 is 11.9 Å². The number of anilines is 1. The molecule has 0 saturated heterocycles. The molecule has 1 aliphatic rings. The summed E-state index contributed by atoms with van der Waals surface area (Å²) in [6.07, 6.45) is 8.47. The third-order valence-corrected chi connectivity index (χ3v) is 5.74. The van der Waals surface area contributed by atoms with E-state index in [-0.39, 0.29) is 5.78 Å². The Morgan fingerprint density at radius 2 is 2.16 bits per heavy atom. The number of rotatable bonds is 13. The minimum absolute atomic E-state index is 0.000807. The summed E-state index contributed by atoms with van der Waals surface area (Å²) in [5.41, 5.74) is 8.34. The summed E-state index contributed by atoms with van der Waals surface area (Å²) in [5.74, 6) is 1.03. The van der Waals surface area contributed by atoms with Crippen LogP contribution in [-0.4, -0.2) is 59.5 Å². The van der Waals surface area contributed by atoms with Crippen LogP contribution in [0.3, 0.4) is 0 Å². The summed E-state index contributed by atoms with van der Waals surface area (Å²) in [6.45, 7) is 5.19. The zero-order valence-corrected chi connectivity index (χ0v) is 18.9. The van der Waals surface area contributed by atoms with Crippen LogP contribution in [0.2, 0.25) is 0 Å². The number of aromatic nitrogens is 2. The number of fused-ring (bicyclic) bond motifs is 1. The molecule has 1 atom stereocenters. The maximum atomic E-state index is 13.3. The monoisotopic (exact) mass is 443 g/mol. The lowest BCUT2D eigenvalue weighted by Crippen LogP contribution is -2.36. The zero-order valence-electron chi connectivity index (χ0n) is 18.9. The van der Waals surface area contributed by atoms with Crippen molar-refractivity contribution in [2.45, 2.75) is 51.5 Å². The molecule has 3 N–H and O–H groups in total. The van der Waals surface area contributed by atoms with Crippen molar-refractivity contribution < 1.29 is 13.9 Å². The molecule has 7 nitrogen and oxygen atoms in total. The van der Waals surface area contributed by atoms with E-state index in [2.05, 4.69) is 27.3 Å². The van der Waals surface area contributed by atoms with E-state index in [0.717, 1.165) is 62.9 Å². The molecular weight excluding hydrogens is 409 g/mol. The van der Waals surface area contributed by atoms with Gasteiger partial charge in [-0.2, -0.15) is 0 Å². The van der Waals surface area contributed by atoms with Gasteiger partial charge in [0, 0.05) is 31.4 Å². The van der Waals surface area contributed by atoms with Gasteiger partial charge in [-0.3, -0.25) is 14.7 Å². The maximum absolute atomic E-state index is 13.3. The minimum Gasteiger partial charge on any atom is -0.491 e. The smallest absolute Gasteiger partial charge is 0.146 e. The minimum atomic E-state index is -0.446. The molecule has 0 spiro atoms. The summed E-state index contributed by atoms with van der Waals surface area (Å²) >= 11 is 0. The average molecular weight is 444 g/mol. The number of carbonyl (C=O) groups is 1. The Labute approximate surface area is 189 Å². The second-order valence-electron chi connectivity index (χ2n) is 8.33. The van der Waals surface area contributed by atoms with Crippen LogP contribution in [0.25, 0.3) is 0 Å². The summed E-state index contributed by atoms with van der Waals surface area (Å²) < 4.78 is 18.9. The number of hydrogen-bond donors (Lipinski definition) is 2. The van der Waals surface area contributed by atoms with Gasteiger partial charge in [-0.25, -0.2) is 9.37 Å². The molecule has 0 fully saturated rings. The number of ketones is 1. The van der Waals surface area contributed by atoms with E-state index >= 15 is 0 Å². The Hall–Kier alpha value is -2.58. The van der Waals surface area contributed by atoms with Gasteiger partial charge in [-0.1, -0.05) is 6.07 Å². The van der Waals surface area contributed by atoms with Crippen LogP contribution in [0.15, 0.2) is 30.6 Å². The normalized spacial score (nSPS) is 14.0. The van der Waals surface area contributed by atoms with Crippen molar-refractivity contribution >= 4 is 11.6 Å². The first-order chi connectivity index (χ1) is 15.5. The molecule has 1 aliphatic heterocycles. The second-order valence-corrected chi connectivity index (χ2v) is 8.33. The van der Waals surface area contributed by atoms with Crippen molar-refractivity contribution in [3.63, 3.8) is 0 Å². The highest BCUT2D eigenvalue weighted by Crippen LogP contribution is 2.20. The van der Waals surface area contributed by atoms with Gasteiger partial charge >= 0.3 is 0 Å². The first-order valence-corrected chi connectivity index (χ1v) is 11.5. The highest BCUT2D eigenvalue weighted by Gasteiger charge is 2.13. The van der Waals surface area contributed by atoms with Crippen LogP contribution < -0.4 is 15.8 Å². The van der Waals surface area contributed by atoms with Gasteiger partial charge < -0.3 is 15.8 Å². The molecule has 174 valence electrons. The molecule has 0 radical (unpaired) electrons. The Kier molecular flexibility index (Phi) is 9.37. The van der Waals surface area contributed by atoms with Crippen molar-refractivity contribution in [2.24, 2.45) is 5.73 Å². The predicted molar refractivity (Wildman–Crippen MR) is 123 cm³/mol. The molecule has 3 rings (SSSR count). The molecule has 32 heavy (non-hydrogen) atoms. The molecule has 0 saturated carbocycles. The Balaban J connectivity index is 1.44. The van der Waals surface area contributed by atoms with Crippen molar-refractivity contribution in [1.82, 2.24) is 14.9 Å². The van der Waals surface area contributed by atoms with Crippen LogP contribution in [0.5, 0.6) is 5.75 Å². The van der Waals surface area contributed by atoms with Crippen LogP contribution in [-0.2, 0) is 17.6 Å². The number of hydrogen-bond acceptors (Lipinski definition) is 7. The van der Waals surface area contributed by atoms with E-state index in [1.54, 1.807) is 0 Å². The lowest BCUT2D eigenvalue weighted by Gasteiger charge is -2.23. The second kappa shape index (κ2) is 12.5. The van der Waals surface area contributed by atoms with E-state index in [1.807, 2.05) is 0 Å². The van der Waals surface area contributed by atoms with E-state index in [0.29, 0.717) is 31.9 Å². The summed E-state index contributed by atoms with van der Waals surface area (Å²) in [7, 11) is 0. The topological polar surface area (TPSA) is 93.4 Å². The summed E-state index contributed by atoms with van der Waals surface area (Å²) in [4.78, 5) is 22.3. The molecule has 0 unspecified atom stereocenters. The molecule has 0 amide bonds. The molecule has 2 aromatic heterocycles. The Morgan fingerprint density at radius 3 is 2.97 bits per heavy atom. The predicted octanol–water partition coefficient (Wildman–Crippen LogP) is 2.98. The number of nitrogens with zero attached hydrogens (tertiary/aromatic N) is 3. The lowest BCUT2D eigenvalue weighted by atomic mass is 10.1. The molecular formula is C24H34FN5O2. The molecule has 0 bridgehead atoms. The van der Waals surface area contributed by atoms with Crippen molar-refractivity contribution in [3.05, 3.63) is 47.7 Å². The fourth-order valence-corrected chi connectivity index (χ4v) is 3.77. The first-order valence-electron chi connectivity index (χ1n) is 11.5. The fraction of sp³-hybridized carbons (Fsp3) is 0.542. The van der Waals surface area contributed by atoms with E-state index in [9.17, 15) is 9.18 Å². The Morgan fingerprint density at radius 1 is 1.28 bits per heavy atom. The van der Waals surface area contributed by atoms with Gasteiger partial charge in [0.1, 0.15) is 29.8 Å². The number of aryl methyl sites for hydroxylation is 2. The van der Waals surface area contributed by atoms with Crippen LogP contribution in [0, 0.1) is 5.82 Å². The number of Topliss-reactive ketones (excluding diaryl/α,β-unsaturated/α-hetero) is 1. The van der Waals surface area contributed by atoms with Gasteiger partial charge in [0.2, 0.25) is 0 Å². The van der Waals surface area contributed by atoms with Crippen molar-refractivity contribution in [1.29, 1.82) is 0 Å². The number of ether oxygens (including phenoxy) is 1. The van der Waals surface area contributed by atoms with Gasteiger partial charge in [0.15, 0.2) is 0 Å². The lowest BCUT2D eigenvalue weighted by molar-refractivity contribution is -0.118. The molecule has 3 heterocycles. The van der Waals surface area contributed by atoms with Crippen molar-refractivity contribution in [3.8, 4) is 5.75 Å². The quantitative estimate of drug-likeness (QED) is 0.460. The van der Waals surface area contributed by atoms with E-state index in [4.69, 9.17) is 15.5 Å². The number of halogens is 1. The number of nitrogens with two attached hydrogens (primary N) is 1. The number of carbonyl (C=O) groups excluding carboxylic acids is 1. The molecule has 0 aromatic carbocycles. The molecule has 2 aromatic rings. The van der Waals surface area contributed by atoms with Gasteiger partial charge in [0.05, 0.1) is 18.4 Å². The van der Waals surface area contributed by atoms with Gasteiger partial charge in [-0.15, -0.1) is 0 Å². The molecule has 8 heteroatoms. The highest BCUT2D eigenvalue weighted by atomic mass is 19.1. The van der Waals surface area contributed by atoms with Gasteiger partial charge in [-0.05, 0) is 63.6 Å². The van der Waals surface area contributed by atoms with Crippen molar-refractivity contribution in [2.75, 3.05) is 38.1 Å².